The number of carbonyl (C=O) groups is 3. The summed E-state index contributed by atoms with van der Waals surface area (Å²) in [5, 5.41) is 11.5. The molecule has 0 aromatic rings. The van der Waals surface area contributed by atoms with E-state index in [0.717, 1.165) is 4.90 Å². The molecule has 1 fully saturated rings. The van der Waals surface area contributed by atoms with E-state index in [1.807, 2.05) is 0 Å². The van der Waals surface area contributed by atoms with Gasteiger partial charge < -0.3 is 20.0 Å². The molecule has 2 N–H and O–H groups in total. The molecule has 1 heterocycles. The largest absolute Gasteiger partial charge is 0.465 e. The minimum absolute atomic E-state index is 0.0705. The number of alkyl carbamates (subject to hydrolysis) is 1. The quantitative estimate of drug-likeness (QED) is 0.749. The van der Waals surface area contributed by atoms with Crippen LogP contribution in [0.3, 0.4) is 0 Å². The van der Waals surface area contributed by atoms with Crippen LogP contribution in [0.15, 0.2) is 0 Å². The summed E-state index contributed by atoms with van der Waals surface area (Å²) >= 11 is 0. The molecule has 2 amide bonds. The number of hydrogen-bond donors (Lipinski definition) is 2. The second-order valence-electron chi connectivity index (χ2n) is 5.62. The van der Waals surface area contributed by atoms with E-state index in [1.54, 1.807) is 20.8 Å². The first-order valence-electron chi connectivity index (χ1n) is 6.14. The lowest BCUT2D eigenvalue weighted by Gasteiger charge is -2.20. The summed E-state index contributed by atoms with van der Waals surface area (Å²) in [6.45, 7) is 5.82. The minimum atomic E-state index is -1.11. The molecule has 0 aromatic carbocycles. The van der Waals surface area contributed by atoms with Crippen LogP contribution < -0.4 is 5.32 Å². The van der Waals surface area contributed by atoms with Gasteiger partial charge in [0.2, 0.25) is 0 Å². The van der Waals surface area contributed by atoms with Crippen molar-refractivity contribution in [2.45, 2.75) is 38.8 Å². The average Bonchev–Trinajstić information content (AvgIpc) is 2.67. The van der Waals surface area contributed by atoms with Gasteiger partial charge >= 0.3 is 12.2 Å². The van der Waals surface area contributed by atoms with Gasteiger partial charge in [-0.3, -0.25) is 4.90 Å². The Labute approximate surface area is 111 Å². The van der Waals surface area contributed by atoms with E-state index in [0.29, 0.717) is 19.3 Å². The SMILES string of the molecule is CC(C)(C)OC(=O)NC[C@H]1C[C@@H](C=O)N(C(=O)O)C1. The van der Waals surface area contributed by atoms with Crippen molar-refractivity contribution in [2.75, 3.05) is 13.1 Å². The van der Waals surface area contributed by atoms with Gasteiger partial charge in [0.15, 0.2) is 0 Å². The van der Waals surface area contributed by atoms with Crippen LogP contribution in [0.1, 0.15) is 27.2 Å². The summed E-state index contributed by atoms with van der Waals surface area (Å²) in [4.78, 5) is 34.2. The standard InChI is InChI=1S/C12H20N2O5/c1-12(2,3)19-10(16)13-5-8-4-9(7-15)14(6-8)11(17)18/h7-9H,4-6H2,1-3H3,(H,13,16)(H,17,18)/t8-,9+/m1/s1. The topological polar surface area (TPSA) is 95.9 Å². The number of aldehydes is 1. The van der Waals surface area contributed by atoms with Gasteiger partial charge in [-0.2, -0.15) is 0 Å². The summed E-state index contributed by atoms with van der Waals surface area (Å²) in [5.74, 6) is -0.0705. The van der Waals surface area contributed by atoms with Crippen molar-refractivity contribution in [2.24, 2.45) is 5.92 Å². The van der Waals surface area contributed by atoms with Crippen molar-refractivity contribution in [3.63, 3.8) is 0 Å². The molecular formula is C12H20N2O5. The van der Waals surface area contributed by atoms with Gasteiger partial charge in [-0.15, -0.1) is 0 Å². The number of likely N-dealkylation sites (tertiary alicyclic amines) is 1. The van der Waals surface area contributed by atoms with E-state index in [1.165, 1.54) is 0 Å². The molecule has 0 saturated carbocycles. The second-order valence-corrected chi connectivity index (χ2v) is 5.62. The maximum Gasteiger partial charge on any atom is 0.407 e. The number of carboxylic acid groups (broad SMARTS) is 1. The zero-order chi connectivity index (χ0) is 14.6. The number of nitrogens with zero attached hydrogens (tertiary/aromatic N) is 1. The van der Waals surface area contributed by atoms with E-state index in [-0.39, 0.29) is 12.5 Å². The third kappa shape index (κ3) is 4.76. The molecule has 0 unspecified atom stereocenters. The predicted molar refractivity (Wildman–Crippen MR) is 66.9 cm³/mol. The molecule has 0 bridgehead atoms. The highest BCUT2D eigenvalue weighted by Gasteiger charge is 2.35. The van der Waals surface area contributed by atoms with Crippen molar-refractivity contribution < 1.29 is 24.2 Å². The fourth-order valence-electron chi connectivity index (χ4n) is 2.00. The molecule has 1 aliphatic heterocycles. The average molecular weight is 272 g/mol. The first-order chi connectivity index (χ1) is 8.73. The number of carbonyl (C=O) groups excluding carboxylic acids is 2. The van der Waals surface area contributed by atoms with E-state index < -0.39 is 23.8 Å². The molecule has 0 aliphatic carbocycles. The Balaban J connectivity index is 2.41. The number of rotatable bonds is 3. The highest BCUT2D eigenvalue weighted by Crippen LogP contribution is 2.21. The fourth-order valence-corrected chi connectivity index (χ4v) is 2.00. The van der Waals surface area contributed by atoms with Crippen molar-refractivity contribution in [3.8, 4) is 0 Å². The van der Waals surface area contributed by atoms with E-state index in [2.05, 4.69) is 5.32 Å². The third-order valence-electron chi connectivity index (χ3n) is 2.77. The van der Waals surface area contributed by atoms with Gasteiger partial charge in [-0.25, -0.2) is 9.59 Å². The van der Waals surface area contributed by atoms with Crippen LogP contribution in [-0.2, 0) is 9.53 Å². The summed E-state index contributed by atoms with van der Waals surface area (Å²) in [7, 11) is 0. The normalized spacial score (nSPS) is 23.0. The van der Waals surface area contributed by atoms with Crippen molar-refractivity contribution in [1.29, 1.82) is 0 Å². The summed E-state index contributed by atoms with van der Waals surface area (Å²) in [6, 6.07) is -0.622. The van der Waals surface area contributed by atoms with Gasteiger partial charge in [-0.1, -0.05) is 0 Å². The van der Waals surface area contributed by atoms with Crippen LogP contribution in [0.25, 0.3) is 0 Å². The van der Waals surface area contributed by atoms with Crippen LogP contribution in [0.4, 0.5) is 9.59 Å². The van der Waals surface area contributed by atoms with Crippen molar-refractivity contribution in [3.05, 3.63) is 0 Å². The van der Waals surface area contributed by atoms with Gasteiger partial charge in [0, 0.05) is 13.1 Å². The molecule has 19 heavy (non-hydrogen) atoms. The van der Waals surface area contributed by atoms with E-state index >= 15 is 0 Å². The van der Waals surface area contributed by atoms with Crippen LogP contribution in [-0.4, -0.2) is 53.2 Å². The van der Waals surface area contributed by atoms with Gasteiger partial charge in [0.05, 0.1) is 6.04 Å². The Hall–Kier alpha value is -1.79. The van der Waals surface area contributed by atoms with Crippen molar-refractivity contribution in [1.82, 2.24) is 10.2 Å². The van der Waals surface area contributed by atoms with Gasteiger partial charge in [0.25, 0.3) is 0 Å². The monoisotopic (exact) mass is 272 g/mol. The number of amides is 2. The molecule has 1 rings (SSSR count). The van der Waals surface area contributed by atoms with Crippen molar-refractivity contribution >= 4 is 18.5 Å². The number of ether oxygens (including phenoxy) is 1. The van der Waals surface area contributed by atoms with Crippen LogP contribution >= 0.6 is 0 Å². The Kier molecular flexibility index (Phi) is 4.74. The predicted octanol–water partition coefficient (Wildman–Crippen LogP) is 1.08. The summed E-state index contributed by atoms with van der Waals surface area (Å²) < 4.78 is 5.08. The zero-order valence-corrected chi connectivity index (χ0v) is 11.4. The Bertz CT molecular complexity index is 364. The molecule has 1 saturated heterocycles. The molecule has 1 aliphatic rings. The molecule has 2 atom stereocenters. The minimum Gasteiger partial charge on any atom is -0.465 e. The lowest BCUT2D eigenvalue weighted by Crippen LogP contribution is -2.37. The molecule has 0 aromatic heterocycles. The van der Waals surface area contributed by atoms with Gasteiger partial charge in [-0.05, 0) is 33.1 Å². The van der Waals surface area contributed by atoms with Gasteiger partial charge in [0.1, 0.15) is 11.9 Å². The molecule has 0 spiro atoms. The lowest BCUT2D eigenvalue weighted by molar-refractivity contribution is -0.111. The Morgan fingerprint density at radius 1 is 1.47 bits per heavy atom. The van der Waals surface area contributed by atoms with Crippen LogP contribution in [0.5, 0.6) is 0 Å². The molecule has 7 heteroatoms. The first-order valence-corrected chi connectivity index (χ1v) is 6.14. The Morgan fingerprint density at radius 2 is 2.11 bits per heavy atom. The number of nitrogens with one attached hydrogen (secondary N) is 1. The number of hydrogen-bond acceptors (Lipinski definition) is 4. The fraction of sp³-hybridized carbons (Fsp3) is 0.750. The molecule has 7 nitrogen and oxygen atoms in total. The maximum absolute atomic E-state index is 11.4. The third-order valence-corrected chi connectivity index (χ3v) is 2.77. The smallest absolute Gasteiger partial charge is 0.407 e. The highest BCUT2D eigenvalue weighted by atomic mass is 16.6. The van der Waals surface area contributed by atoms with Crippen LogP contribution in [0.2, 0.25) is 0 Å². The van der Waals surface area contributed by atoms with Crippen LogP contribution in [0, 0.1) is 5.92 Å². The Morgan fingerprint density at radius 3 is 2.53 bits per heavy atom. The zero-order valence-electron chi connectivity index (χ0n) is 11.4. The molecular weight excluding hydrogens is 252 g/mol. The second kappa shape index (κ2) is 5.90. The first kappa shape index (κ1) is 15.3. The molecule has 108 valence electrons. The highest BCUT2D eigenvalue weighted by molar-refractivity contribution is 5.72. The molecule has 0 radical (unpaired) electrons. The summed E-state index contributed by atoms with van der Waals surface area (Å²) in [5.41, 5.74) is -0.571. The summed E-state index contributed by atoms with van der Waals surface area (Å²) in [6.07, 6.45) is -0.603. The lowest BCUT2D eigenvalue weighted by atomic mass is 10.1. The van der Waals surface area contributed by atoms with E-state index in [9.17, 15) is 14.4 Å². The van der Waals surface area contributed by atoms with E-state index in [4.69, 9.17) is 9.84 Å². The maximum atomic E-state index is 11.4.